The number of aryl methyl sites for hydroxylation is 1. The van der Waals surface area contributed by atoms with Gasteiger partial charge in [-0.05, 0) is 37.1 Å². The minimum absolute atomic E-state index is 0.0878. The van der Waals surface area contributed by atoms with Gasteiger partial charge >= 0.3 is 5.97 Å². The molecule has 1 fully saturated rings. The molecule has 2 N–H and O–H groups in total. The van der Waals surface area contributed by atoms with Gasteiger partial charge in [0.05, 0.1) is 23.7 Å². The third-order valence-corrected chi connectivity index (χ3v) is 4.24. The Hall–Kier alpha value is -1.44. The molecule has 0 spiro atoms. The maximum absolute atomic E-state index is 12.1. The SMILES string of the molecule is Cc1cc(S(N)(=O)=O)cc(C(=O)OC2CCOC2)c1C. The zero-order valence-electron chi connectivity index (χ0n) is 11.4. The minimum Gasteiger partial charge on any atom is -0.456 e. The van der Waals surface area contributed by atoms with E-state index in [9.17, 15) is 13.2 Å². The Labute approximate surface area is 117 Å². The molecule has 110 valence electrons. The van der Waals surface area contributed by atoms with Crippen LogP contribution < -0.4 is 5.14 Å². The Bertz CT molecular complexity index is 632. The van der Waals surface area contributed by atoms with Crippen LogP contribution in [0.2, 0.25) is 0 Å². The highest BCUT2D eigenvalue weighted by Gasteiger charge is 2.23. The third-order valence-electron chi connectivity index (χ3n) is 3.35. The van der Waals surface area contributed by atoms with Gasteiger partial charge in [0, 0.05) is 6.42 Å². The second-order valence-corrected chi connectivity index (χ2v) is 6.41. The van der Waals surface area contributed by atoms with Gasteiger partial charge in [0.2, 0.25) is 10.0 Å². The molecule has 1 atom stereocenters. The number of ether oxygens (including phenoxy) is 2. The smallest absolute Gasteiger partial charge is 0.338 e. The second-order valence-electron chi connectivity index (χ2n) is 4.85. The number of carbonyl (C=O) groups is 1. The van der Waals surface area contributed by atoms with E-state index < -0.39 is 16.0 Å². The molecule has 1 aliphatic rings. The predicted molar refractivity (Wildman–Crippen MR) is 71.9 cm³/mol. The molecule has 0 aromatic heterocycles. The lowest BCUT2D eigenvalue weighted by Gasteiger charge is -2.14. The fourth-order valence-corrected chi connectivity index (χ4v) is 2.65. The number of nitrogens with two attached hydrogens (primary N) is 1. The van der Waals surface area contributed by atoms with E-state index in [0.29, 0.717) is 30.8 Å². The molecule has 0 saturated carbocycles. The van der Waals surface area contributed by atoms with Gasteiger partial charge in [-0.2, -0.15) is 0 Å². The van der Waals surface area contributed by atoms with E-state index >= 15 is 0 Å². The normalized spacial score (nSPS) is 19.1. The van der Waals surface area contributed by atoms with Gasteiger partial charge in [0.15, 0.2) is 0 Å². The fourth-order valence-electron chi connectivity index (χ4n) is 2.02. The van der Waals surface area contributed by atoms with E-state index in [4.69, 9.17) is 14.6 Å². The van der Waals surface area contributed by atoms with E-state index in [1.165, 1.54) is 12.1 Å². The molecule has 1 aromatic rings. The van der Waals surface area contributed by atoms with Crippen LogP contribution in [0.1, 0.15) is 27.9 Å². The number of benzene rings is 1. The molecular weight excluding hydrogens is 282 g/mol. The summed E-state index contributed by atoms with van der Waals surface area (Å²) in [6.07, 6.45) is 0.374. The maximum atomic E-state index is 12.1. The van der Waals surface area contributed by atoms with Crippen molar-refractivity contribution in [2.45, 2.75) is 31.3 Å². The highest BCUT2D eigenvalue weighted by molar-refractivity contribution is 7.89. The molecule has 0 bridgehead atoms. The molecule has 1 aliphatic heterocycles. The molecule has 2 rings (SSSR count). The summed E-state index contributed by atoms with van der Waals surface area (Å²) in [5.74, 6) is -0.549. The molecule has 0 amide bonds. The van der Waals surface area contributed by atoms with Gasteiger partial charge in [-0.1, -0.05) is 0 Å². The third kappa shape index (κ3) is 3.17. The van der Waals surface area contributed by atoms with Crippen LogP contribution in [0.4, 0.5) is 0 Å². The largest absolute Gasteiger partial charge is 0.456 e. The first-order valence-corrected chi connectivity index (χ1v) is 7.76. The van der Waals surface area contributed by atoms with Crippen LogP contribution in [-0.4, -0.2) is 33.7 Å². The average molecular weight is 299 g/mol. The molecule has 1 saturated heterocycles. The summed E-state index contributed by atoms with van der Waals surface area (Å²) in [4.78, 5) is 12.1. The molecule has 6 nitrogen and oxygen atoms in total. The highest BCUT2D eigenvalue weighted by atomic mass is 32.2. The Morgan fingerprint density at radius 3 is 2.65 bits per heavy atom. The van der Waals surface area contributed by atoms with Crippen molar-refractivity contribution in [3.8, 4) is 0 Å². The average Bonchev–Trinajstić information content (AvgIpc) is 2.83. The highest BCUT2D eigenvalue weighted by Crippen LogP contribution is 2.21. The number of hydrogen-bond donors (Lipinski definition) is 1. The van der Waals surface area contributed by atoms with Crippen molar-refractivity contribution in [2.75, 3.05) is 13.2 Å². The van der Waals surface area contributed by atoms with Crippen molar-refractivity contribution < 1.29 is 22.7 Å². The van der Waals surface area contributed by atoms with Crippen LogP contribution in [0, 0.1) is 13.8 Å². The molecule has 1 aromatic carbocycles. The Morgan fingerprint density at radius 1 is 1.40 bits per heavy atom. The van der Waals surface area contributed by atoms with Crippen molar-refractivity contribution in [3.63, 3.8) is 0 Å². The van der Waals surface area contributed by atoms with Crippen LogP contribution in [0.5, 0.6) is 0 Å². The summed E-state index contributed by atoms with van der Waals surface area (Å²) in [5, 5.41) is 5.11. The van der Waals surface area contributed by atoms with Crippen molar-refractivity contribution >= 4 is 16.0 Å². The minimum atomic E-state index is -3.86. The summed E-state index contributed by atoms with van der Waals surface area (Å²) in [6.45, 7) is 4.40. The standard InChI is InChI=1S/C13H17NO5S/c1-8-5-11(20(14,16)17)6-12(9(8)2)13(15)19-10-3-4-18-7-10/h5-6,10H,3-4,7H2,1-2H3,(H2,14,16,17). The van der Waals surface area contributed by atoms with Gasteiger partial charge < -0.3 is 9.47 Å². The van der Waals surface area contributed by atoms with Crippen molar-refractivity contribution in [1.29, 1.82) is 0 Å². The number of esters is 1. The lowest BCUT2D eigenvalue weighted by atomic mass is 10.0. The first-order valence-electron chi connectivity index (χ1n) is 6.22. The van der Waals surface area contributed by atoms with Crippen LogP contribution in [0.3, 0.4) is 0 Å². The second kappa shape index (κ2) is 5.51. The monoisotopic (exact) mass is 299 g/mol. The van der Waals surface area contributed by atoms with Gasteiger partial charge in [0.1, 0.15) is 6.10 Å². The first kappa shape index (κ1) is 15.0. The lowest BCUT2D eigenvalue weighted by molar-refractivity contribution is 0.0269. The van der Waals surface area contributed by atoms with Gasteiger partial charge in [-0.3, -0.25) is 0 Å². The van der Waals surface area contributed by atoms with Crippen LogP contribution in [-0.2, 0) is 19.5 Å². The number of primary sulfonamides is 1. The van der Waals surface area contributed by atoms with E-state index in [2.05, 4.69) is 0 Å². The van der Waals surface area contributed by atoms with E-state index in [-0.39, 0.29) is 16.6 Å². The molecule has 20 heavy (non-hydrogen) atoms. The zero-order valence-corrected chi connectivity index (χ0v) is 12.2. The van der Waals surface area contributed by atoms with Gasteiger partial charge in [0.25, 0.3) is 0 Å². The molecule has 1 heterocycles. The molecule has 1 unspecified atom stereocenters. The molecule has 0 aliphatic carbocycles. The summed E-state index contributed by atoms with van der Waals surface area (Å²) < 4.78 is 33.3. The van der Waals surface area contributed by atoms with Crippen molar-refractivity contribution in [2.24, 2.45) is 5.14 Å². The maximum Gasteiger partial charge on any atom is 0.338 e. The number of rotatable bonds is 3. The van der Waals surface area contributed by atoms with E-state index in [1.807, 2.05) is 0 Å². The molecule has 0 radical (unpaired) electrons. The van der Waals surface area contributed by atoms with Crippen molar-refractivity contribution in [3.05, 3.63) is 28.8 Å². The Morgan fingerprint density at radius 2 is 2.10 bits per heavy atom. The van der Waals surface area contributed by atoms with Gasteiger partial charge in [-0.15, -0.1) is 0 Å². The first-order chi connectivity index (χ1) is 9.29. The zero-order chi connectivity index (χ0) is 14.9. The molecular formula is C13H17NO5S. The lowest BCUT2D eigenvalue weighted by Crippen LogP contribution is -2.20. The molecule has 7 heteroatoms. The fraction of sp³-hybridized carbons (Fsp3) is 0.462. The van der Waals surface area contributed by atoms with E-state index in [0.717, 1.165) is 0 Å². The topological polar surface area (TPSA) is 95.7 Å². The van der Waals surface area contributed by atoms with Crippen molar-refractivity contribution in [1.82, 2.24) is 0 Å². The number of carbonyl (C=O) groups excluding carboxylic acids is 1. The summed E-state index contributed by atoms with van der Waals surface area (Å²) in [5.41, 5.74) is 1.58. The number of sulfonamides is 1. The Kier molecular flexibility index (Phi) is 4.12. The van der Waals surface area contributed by atoms with Crippen LogP contribution >= 0.6 is 0 Å². The summed E-state index contributed by atoms with van der Waals surface area (Å²) in [6, 6.07) is 2.70. The quantitative estimate of drug-likeness (QED) is 0.836. The number of hydrogen-bond acceptors (Lipinski definition) is 5. The predicted octanol–water partition coefficient (Wildman–Crippen LogP) is 0.897. The summed E-state index contributed by atoms with van der Waals surface area (Å²) in [7, 11) is -3.86. The van der Waals surface area contributed by atoms with E-state index in [1.54, 1.807) is 13.8 Å². The Balaban J connectivity index is 2.34. The van der Waals surface area contributed by atoms with Crippen LogP contribution in [0.25, 0.3) is 0 Å². The summed E-state index contributed by atoms with van der Waals surface area (Å²) >= 11 is 0. The van der Waals surface area contributed by atoms with Crippen LogP contribution in [0.15, 0.2) is 17.0 Å². The van der Waals surface area contributed by atoms with Gasteiger partial charge in [-0.25, -0.2) is 18.4 Å².